The van der Waals surface area contributed by atoms with Gasteiger partial charge in [0, 0.05) is 23.9 Å². The molecule has 0 atom stereocenters. The molecule has 0 unspecified atom stereocenters. The van der Waals surface area contributed by atoms with Gasteiger partial charge in [0.1, 0.15) is 0 Å². The van der Waals surface area contributed by atoms with Gasteiger partial charge in [-0.25, -0.2) is 8.78 Å². The molecule has 6 heteroatoms. The zero-order valence-electron chi connectivity index (χ0n) is 10.7. The van der Waals surface area contributed by atoms with Crippen molar-refractivity contribution in [3.8, 4) is 0 Å². The van der Waals surface area contributed by atoms with Crippen molar-refractivity contribution in [3.63, 3.8) is 0 Å². The number of hydrogen-bond acceptors (Lipinski definition) is 4. The van der Waals surface area contributed by atoms with Crippen molar-refractivity contribution < 1.29 is 8.78 Å². The van der Waals surface area contributed by atoms with E-state index in [0.29, 0.717) is 12.4 Å². The van der Waals surface area contributed by atoms with Gasteiger partial charge in [0.2, 0.25) is 0 Å². The SMILES string of the molecule is Cc1nnc(N(CCN)CC(F)F)c2ccccc12. The molecule has 1 aromatic heterocycles. The van der Waals surface area contributed by atoms with E-state index in [1.165, 1.54) is 4.90 Å². The Balaban J connectivity index is 2.50. The Labute approximate surface area is 110 Å². The number of benzene rings is 1. The number of aryl methyl sites for hydroxylation is 1. The minimum absolute atomic E-state index is 0.288. The van der Waals surface area contributed by atoms with Crippen LogP contribution in [0, 0.1) is 6.92 Å². The van der Waals surface area contributed by atoms with E-state index in [9.17, 15) is 8.78 Å². The van der Waals surface area contributed by atoms with Crippen LogP contribution in [0.4, 0.5) is 14.6 Å². The monoisotopic (exact) mass is 266 g/mol. The summed E-state index contributed by atoms with van der Waals surface area (Å²) in [6, 6.07) is 7.52. The van der Waals surface area contributed by atoms with Gasteiger partial charge in [0.15, 0.2) is 5.82 Å². The first kappa shape index (κ1) is 13.6. The van der Waals surface area contributed by atoms with Crippen molar-refractivity contribution in [1.82, 2.24) is 10.2 Å². The predicted octanol–water partition coefficient (Wildman–Crippen LogP) is 1.97. The second kappa shape index (κ2) is 5.88. The van der Waals surface area contributed by atoms with Gasteiger partial charge in [-0.05, 0) is 6.92 Å². The first-order chi connectivity index (χ1) is 9.13. The van der Waals surface area contributed by atoms with Crippen LogP contribution in [-0.2, 0) is 0 Å². The molecule has 2 rings (SSSR count). The summed E-state index contributed by atoms with van der Waals surface area (Å²) in [6.45, 7) is 2.07. The smallest absolute Gasteiger partial charge is 0.255 e. The first-order valence-corrected chi connectivity index (χ1v) is 6.08. The maximum Gasteiger partial charge on any atom is 0.255 e. The molecular weight excluding hydrogens is 250 g/mol. The molecule has 2 aromatic rings. The molecule has 102 valence electrons. The molecule has 0 aliphatic rings. The van der Waals surface area contributed by atoms with Crippen molar-refractivity contribution in [1.29, 1.82) is 0 Å². The molecule has 4 nitrogen and oxygen atoms in total. The largest absolute Gasteiger partial charge is 0.348 e. The third kappa shape index (κ3) is 2.96. The van der Waals surface area contributed by atoms with Gasteiger partial charge in [0.05, 0.1) is 12.2 Å². The van der Waals surface area contributed by atoms with Crippen molar-refractivity contribution in [2.75, 3.05) is 24.5 Å². The van der Waals surface area contributed by atoms with Crippen LogP contribution in [0.2, 0.25) is 0 Å². The minimum Gasteiger partial charge on any atom is -0.348 e. The minimum atomic E-state index is -2.44. The van der Waals surface area contributed by atoms with Gasteiger partial charge in [-0.15, -0.1) is 5.10 Å². The number of hydrogen-bond donors (Lipinski definition) is 1. The molecule has 0 saturated carbocycles. The zero-order valence-corrected chi connectivity index (χ0v) is 10.7. The van der Waals surface area contributed by atoms with E-state index in [1.807, 2.05) is 31.2 Å². The van der Waals surface area contributed by atoms with Crippen LogP contribution in [0.5, 0.6) is 0 Å². The summed E-state index contributed by atoms with van der Waals surface area (Å²) in [5.74, 6) is 0.465. The van der Waals surface area contributed by atoms with Crippen LogP contribution in [0.15, 0.2) is 24.3 Å². The molecule has 0 amide bonds. The van der Waals surface area contributed by atoms with E-state index in [4.69, 9.17) is 5.73 Å². The molecule has 2 N–H and O–H groups in total. The van der Waals surface area contributed by atoms with Gasteiger partial charge in [-0.1, -0.05) is 24.3 Å². The van der Waals surface area contributed by atoms with Crippen LogP contribution >= 0.6 is 0 Å². The lowest BCUT2D eigenvalue weighted by atomic mass is 10.1. The first-order valence-electron chi connectivity index (χ1n) is 6.08. The predicted molar refractivity (Wildman–Crippen MR) is 71.5 cm³/mol. The van der Waals surface area contributed by atoms with Crippen LogP contribution in [0.1, 0.15) is 5.69 Å². The molecule has 1 heterocycles. The molecule has 1 aromatic carbocycles. The highest BCUT2D eigenvalue weighted by atomic mass is 19.3. The van der Waals surface area contributed by atoms with Crippen LogP contribution in [0.3, 0.4) is 0 Å². The summed E-state index contributed by atoms with van der Waals surface area (Å²) >= 11 is 0. The number of nitrogens with zero attached hydrogens (tertiary/aromatic N) is 3. The quantitative estimate of drug-likeness (QED) is 0.899. The second-order valence-electron chi connectivity index (χ2n) is 4.28. The lowest BCUT2D eigenvalue weighted by Crippen LogP contribution is -2.34. The summed E-state index contributed by atoms with van der Waals surface area (Å²) in [5, 5.41) is 9.85. The molecule has 0 saturated heterocycles. The highest BCUT2D eigenvalue weighted by molar-refractivity contribution is 5.93. The fraction of sp³-hybridized carbons (Fsp3) is 0.385. The summed E-state index contributed by atoms with van der Waals surface area (Å²) in [7, 11) is 0. The molecule has 0 bridgehead atoms. The van der Waals surface area contributed by atoms with Crippen molar-refractivity contribution in [3.05, 3.63) is 30.0 Å². The Hall–Kier alpha value is -1.82. The van der Waals surface area contributed by atoms with E-state index in [2.05, 4.69) is 10.2 Å². The van der Waals surface area contributed by atoms with Crippen LogP contribution in [-0.4, -0.2) is 36.3 Å². The maximum atomic E-state index is 12.6. The Morgan fingerprint density at radius 3 is 2.53 bits per heavy atom. The second-order valence-corrected chi connectivity index (χ2v) is 4.28. The summed E-state index contributed by atoms with van der Waals surface area (Å²) in [6.07, 6.45) is -2.44. The van der Waals surface area contributed by atoms with Crippen LogP contribution < -0.4 is 10.6 Å². The Kier molecular flexibility index (Phi) is 4.21. The Bertz CT molecular complexity index is 559. The summed E-state index contributed by atoms with van der Waals surface area (Å²) < 4.78 is 25.3. The van der Waals surface area contributed by atoms with Gasteiger partial charge >= 0.3 is 0 Å². The number of alkyl halides is 2. The average molecular weight is 266 g/mol. The molecule has 0 spiro atoms. The van der Waals surface area contributed by atoms with Crippen molar-refractivity contribution in [2.45, 2.75) is 13.3 Å². The highest BCUT2D eigenvalue weighted by Gasteiger charge is 2.17. The van der Waals surface area contributed by atoms with Gasteiger partial charge in [-0.2, -0.15) is 5.10 Å². The number of rotatable bonds is 5. The van der Waals surface area contributed by atoms with E-state index in [1.54, 1.807) is 0 Å². The van der Waals surface area contributed by atoms with E-state index in [0.717, 1.165) is 16.5 Å². The number of nitrogens with two attached hydrogens (primary N) is 1. The summed E-state index contributed by atoms with van der Waals surface area (Å²) in [4.78, 5) is 1.49. The molecule has 0 aliphatic heterocycles. The number of fused-ring (bicyclic) bond motifs is 1. The van der Waals surface area contributed by atoms with Crippen LogP contribution in [0.25, 0.3) is 10.8 Å². The summed E-state index contributed by atoms with van der Waals surface area (Å²) in [5.41, 5.74) is 6.26. The molecule has 0 aliphatic carbocycles. The molecule has 19 heavy (non-hydrogen) atoms. The van der Waals surface area contributed by atoms with Gasteiger partial charge in [0.25, 0.3) is 6.43 Å². The Morgan fingerprint density at radius 2 is 1.89 bits per heavy atom. The fourth-order valence-electron chi connectivity index (χ4n) is 2.06. The zero-order chi connectivity index (χ0) is 13.8. The number of anilines is 1. The lowest BCUT2D eigenvalue weighted by Gasteiger charge is -2.23. The number of aromatic nitrogens is 2. The fourth-order valence-corrected chi connectivity index (χ4v) is 2.06. The average Bonchev–Trinajstić information content (AvgIpc) is 2.39. The molecular formula is C13H16F2N4. The maximum absolute atomic E-state index is 12.6. The third-order valence-electron chi connectivity index (χ3n) is 2.91. The Morgan fingerprint density at radius 1 is 1.21 bits per heavy atom. The van der Waals surface area contributed by atoms with Crippen molar-refractivity contribution >= 4 is 16.6 Å². The topological polar surface area (TPSA) is 55.0 Å². The lowest BCUT2D eigenvalue weighted by molar-refractivity contribution is 0.155. The van der Waals surface area contributed by atoms with E-state index < -0.39 is 6.43 Å². The standard InChI is InChI=1S/C13H16F2N4/c1-9-10-4-2-3-5-11(10)13(18-17-9)19(7-6-16)8-12(14)15/h2-5,12H,6-8,16H2,1H3. The normalized spacial score (nSPS) is 11.2. The van der Waals surface area contributed by atoms with Gasteiger partial charge < -0.3 is 10.6 Å². The highest BCUT2D eigenvalue weighted by Crippen LogP contribution is 2.25. The van der Waals surface area contributed by atoms with E-state index >= 15 is 0 Å². The third-order valence-corrected chi connectivity index (χ3v) is 2.91. The van der Waals surface area contributed by atoms with Gasteiger partial charge in [-0.3, -0.25) is 0 Å². The van der Waals surface area contributed by atoms with Crippen molar-refractivity contribution in [2.24, 2.45) is 5.73 Å². The molecule has 0 fully saturated rings. The van der Waals surface area contributed by atoms with E-state index in [-0.39, 0.29) is 13.1 Å². The number of halogens is 2. The molecule has 0 radical (unpaired) electrons.